The fourth-order valence-corrected chi connectivity index (χ4v) is 3.42. The van der Waals surface area contributed by atoms with Crippen LogP contribution in [0.25, 0.3) is 0 Å². The molecular weight excluding hydrogens is 218 g/mol. The van der Waals surface area contributed by atoms with Crippen LogP contribution in [0.15, 0.2) is 30.3 Å². The van der Waals surface area contributed by atoms with Gasteiger partial charge in [-0.05, 0) is 24.9 Å². The number of hydrogen-bond donors (Lipinski definition) is 1. The molecule has 90 valence electrons. The maximum Gasteiger partial charge on any atom is 0.0609 e. The molecule has 0 radical (unpaired) electrons. The lowest BCUT2D eigenvalue weighted by atomic mass is 10.1. The van der Waals surface area contributed by atoms with E-state index >= 15 is 0 Å². The molecule has 0 amide bonds. The number of rotatable bonds is 7. The Morgan fingerprint density at radius 2 is 2.00 bits per heavy atom. The zero-order valence-corrected chi connectivity index (χ0v) is 10.7. The van der Waals surface area contributed by atoms with Crippen molar-refractivity contribution in [1.29, 1.82) is 0 Å². The molecule has 0 fully saturated rings. The minimum absolute atomic E-state index is 0.109. The molecule has 2 nitrogen and oxygen atoms in total. The average molecular weight is 239 g/mol. The molecule has 0 aliphatic heterocycles. The first-order valence-corrected chi connectivity index (χ1v) is 7.30. The summed E-state index contributed by atoms with van der Waals surface area (Å²) in [6, 6.07) is 10.1. The first-order chi connectivity index (χ1) is 7.79. The smallest absolute Gasteiger partial charge is 0.0609 e. The fraction of sp³-hybridized carbons (Fsp3) is 0.538. The molecule has 0 saturated carbocycles. The van der Waals surface area contributed by atoms with E-state index in [4.69, 9.17) is 5.73 Å². The van der Waals surface area contributed by atoms with Gasteiger partial charge in [0.15, 0.2) is 0 Å². The molecule has 0 bridgehead atoms. The highest BCUT2D eigenvalue weighted by molar-refractivity contribution is 7.85. The highest BCUT2D eigenvalue weighted by Crippen LogP contribution is 2.23. The molecule has 3 heteroatoms. The Balaban J connectivity index is 2.71. The summed E-state index contributed by atoms with van der Waals surface area (Å²) in [5.41, 5.74) is 6.75. The Morgan fingerprint density at radius 1 is 1.31 bits per heavy atom. The molecule has 0 heterocycles. The van der Waals surface area contributed by atoms with Crippen LogP contribution in [0.5, 0.6) is 0 Å². The molecule has 0 aromatic heterocycles. The summed E-state index contributed by atoms with van der Waals surface area (Å²) in [6.07, 6.45) is 2.93. The van der Waals surface area contributed by atoms with Gasteiger partial charge in [-0.15, -0.1) is 0 Å². The van der Waals surface area contributed by atoms with Crippen molar-refractivity contribution in [3.05, 3.63) is 35.9 Å². The fourth-order valence-electron chi connectivity index (χ4n) is 1.70. The summed E-state index contributed by atoms with van der Waals surface area (Å²) in [6.45, 7) is 2.72. The van der Waals surface area contributed by atoms with Gasteiger partial charge in [0, 0.05) is 16.6 Å². The van der Waals surface area contributed by atoms with Crippen LogP contribution >= 0.6 is 0 Å². The van der Waals surface area contributed by atoms with Crippen molar-refractivity contribution < 1.29 is 4.21 Å². The zero-order valence-electron chi connectivity index (χ0n) is 9.89. The lowest BCUT2D eigenvalue weighted by Gasteiger charge is -2.16. The van der Waals surface area contributed by atoms with Crippen molar-refractivity contribution in [1.82, 2.24) is 0 Å². The van der Waals surface area contributed by atoms with Gasteiger partial charge in [0.25, 0.3) is 0 Å². The minimum Gasteiger partial charge on any atom is -0.330 e. The Kier molecular flexibility index (Phi) is 6.34. The molecule has 0 saturated heterocycles. The van der Waals surface area contributed by atoms with Crippen LogP contribution < -0.4 is 5.73 Å². The normalized spacial score (nSPS) is 14.6. The summed E-state index contributed by atoms with van der Waals surface area (Å²) in [4.78, 5) is 0. The topological polar surface area (TPSA) is 43.1 Å². The maximum atomic E-state index is 12.1. The summed E-state index contributed by atoms with van der Waals surface area (Å²) in [7, 11) is -0.789. The highest BCUT2D eigenvalue weighted by Gasteiger charge is 2.17. The van der Waals surface area contributed by atoms with E-state index in [1.165, 1.54) is 0 Å². The van der Waals surface area contributed by atoms with Gasteiger partial charge in [-0.2, -0.15) is 0 Å². The third-order valence-corrected chi connectivity index (χ3v) is 4.45. The molecule has 2 N–H and O–H groups in total. The lowest BCUT2D eigenvalue weighted by Crippen LogP contribution is -2.14. The van der Waals surface area contributed by atoms with Gasteiger partial charge in [0.1, 0.15) is 0 Å². The average Bonchev–Trinajstić information content (AvgIpc) is 2.34. The Bertz CT molecular complexity index is 313. The standard InChI is InChI=1S/C13H21NOS/c1-2-3-11-16(15)13(9-10-14)12-7-5-4-6-8-12/h4-8,13H,2-3,9-11,14H2,1H3. The van der Waals surface area contributed by atoms with Crippen molar-refractivity contribution in [2.75, 3.05) is 12.3 Å². The number of unbranched alkanes of at least 4 members (excludes halogenated alkanes) is 1. The van der Waals surface area contributed by atoms with Crippen LogP contribution in [0.2, 0.25) is 0 Å². The van der Waals surface area contributed by atoms with Crippen LogP contribution in [0.4, 0.5) is 0 Å². The lowest BCUT2D eigenvalue weighted by molar-refractivity contribution is 0.660. The van der Waals surface area contributed by atoms with E-state index in [0.717, 1.165) is 30.6 Å². The van der Waals surface area contributed by atoms with E-state index in [1.807, 2.05) is 30.3 Å². The summed E-state index contributed by atoms with van der Waals surface area (Å²) < 4.78 is 12.1. The van der Waals surface area contributed by atoms with Gasteiger partial charge >= 0.3 is 0 Å². The largest absolute Gasteiger partial charge is 0.330 e. The van der Waals surface area contributed by atoms with Crippen molar-refractivity contribution in [3.63, 3.8) is 0 Å². The van der Waals surface area contributed by atoms with Crippen molar-refractivity contribution in [2.24, 2.45) is 5.73 Å². The van der Waals surface area contributed by atoms with Crippen LogP contribution in [0.1, 0.15) is 37.0 Å². The van der Waals surface area contributed by atoms with Crippen LogP contribution in [-0.4, -0.2) is 16.5 Å². The van der Waals surface area contributed by atoms with E-state index < -0.39 is 10.8 Å². The predicted molar refractivity (Wildman–Crippen MR) is 70.8 cm³/mol. The van der Waals surface area contributed by atoms with Crippen LogP contribution in [0, 0.1) is 0 Å². The van der Waals surface area contributed by atoms with Crippen LogP contribution in [0.3, 0.4) is 0 Å². The van der Waals surface area contributed by atoms with Gasteiger partial charge in [-0.1, -0.05) is 43.7 Å². The van der Waals surface area contributed by atoms with E-state index in [-0.39, 0.29) is 5.25 Å². The third-order valence-electron chi connectivity index (χ3n) is 2.62. The highest BCUT2D eigenvalue weighted by atomic mass is 32.2. The first kappa shape index (κ1) is 13.4. The van der Waals surface area contributed by atoms with Crippen molar-refractivity contribution in [2.45, 2.75) is 31.4 Å². The van der Waals surface area contributed by atoms with Crippen molar-refractivity contribution >= 4 is 10.8 Å². The Labute approximate surface area is 101 Å². The molecule has 1 rings (SSSR count). The summed E-state index contributed by atoms with van der Waals surface area (Å²) >= 11 is 0. The molecule has 0 aliphatic rings. The molecule has 0 spiro atoms. The van der Waals surface area contributed by atoms with Gasteiger partial charge < -0.3 is 5.73 Å². The monoisotopic (exact) mass is 239 g/mol. The second-order valence-electron chi connectivity index (χ2n) is 3.92. The number of hydrogen-bond acceptors (Lipinski definition) is 2. The number of benzene rings is 1. The second-order valence-corrected chi connectivity index (χ2v) is 5.65. The third kappa shape index (κ3) is 4.06. The van der Waals surface area contributed by atoms with E-state index in [1.54, 1.807) is 0 Å². The van der Waals surface area contributed by atoms with E-state index in [9.17, 15) is 4.21 Å². The molecule has 2 atom stereocenters. The predicted octanol–water partition coefficient (Wildman–Crippen LogP) is 2.63. The van der Waals surface area contributed by atoms with Crippen molar-refractivity contribution in [3.8, 4) is 0 Å². The Morgan fingerprint density at radius 3 is 2.56 bits per heavy atom. The van der Waals surface area contributed by atoms with Gasteiger partial charge in [-0.25, -0.2) is 0 Å². The number of nitrogens with two attached hydrogens (primary N) is 1. The van der Waals surface area contributed by atoms with E-state index in [2.05, 4.69) is 6.92 Å². The van der Waals surface area contributed by atoms with Crippen LogP contribution in [-0.2, 0) is 10.8 Å². The zero-order chi connectivity index (χ0) is 11.8. The SMILES string of the molecule is CCCCS(=O)C(CCN)c1ccccc1. The molecule has 16 heavy (non-hydrogen) atoms. The maximum absolute atomic E-state index is 12.1. The molecule has 0 aliphatic carbocycles. The van der Waals surface area contributed by atoms with Gasteiger partial charge in [0.2, 0.25) is 0 Å². The minimum atomic E-state index is -0.789. The summed E-state index contributed by atoms with van der Waals surface area (Å²) in [5.74, 6) is 0.788. The van der Waals surface area contributed by atoms with E-state index in [0.29, 0.717) is 6.54 Å². The van der Waals surface area contributed by atoms with Gasteiger partial charge in [0.05, 0.1) is 5.25 Å². The Hall–Kier alpha value is -0.670. The molecular formula is C13H21NOS. The first-order valence-electron chi connectivity index (χ1n) is 5.91. The summed E-state index contributed by atoms with van der Waals surface area (Å²) in [5, 5.41) is 0.109. The molecule has 1 aromatic carbocycles. The van der Waals surface area contributed by atoms with Gasteiger partial charge in [-0.3, -0.25) is 4.21 Å². The molecule has 1 aromatic rings. The quantitative estimate of drug-likeness (QED) is 0.795. The molecule has 2 unspecified atom stereocenters. The second kappa shape index (κ2) is 7.58.